The summed E-state index contributed by atoms with van der Waals surface area (Å²) in [5, 5.41) is 16.2. The van der Waals surface area contributed by atoms with Crippen LogP contribution in [0.25, 0.3) is 0 Å². The Hall–Kier alpha value is -1.08. The molecule has 0 radical (unpaired) electrons. The van der Waals surface area contributed by atoms with E-state index in [4.69, 9.17) is 15.2 Å². The van der Waals surface area contributed by atoms with E-state index < -0.39 is 5.97 Å². The highest BCUT2D eigenvalue weighted by Gasteiger charge is 1.92. The zero-order valence-electron chi connectivity index (χ0n) is 9.89. The number of carbonyl (C=O) groups excluding carboxylic acids is 1. The van der Waals surface area contributed by atoms with E-state index in [1.54, 1.807) is 11.0 Å². The Morgan fingerprint density at radius 1 is 1.29 bits per heavy atom. The second-order valence-electron chi connectivity index (χ2n) is 2.53. The Morgan fingerprint density at radius 3 is 1.43 bits per heavy atom. The van der Waals surface area contributed by atoms with Gasteiger partial charge in [0, 0.05) is 12.9 Å². The van der Waals surface area contributed by atoms with Gasteiger partial charge >= 0.3 is 0 Å². The van der Waals surface area contributed by atoms with E-state index in [2.05, 4.69) is 20.8 Å². The number of nitrogens with one attached hydrogen (secondary N) is 1. The molecule has 4 heteroatoms. The first-order valence-corrected chi connectivity index (χ1v) is 4.81. The molecule has 0 aliphatic rings. The average Bonchev–Trinajstić information content (AvgIpc) is 2.08. The van der Waals surface area contributed by atoms with Crippen LogP contribution in [-0.2, 0) is 4.79 Å². The lowest BCUT2D eigenvalue weighted by Gasteiger charge is -2.10. The van der Waals surface area contributed by atoms with Gasteiger partial charge in [0.1, 0.15) is 0 Å². The lowest BCUT2D eigenvalue weighted by Crippen LogP contribution is -3.11. The number of carbonyl (C=O) groups is 1. The van der Waals surface area contributed by atoms with E-state index in [0.717, 1.165) is 6.92 Å². The number of carboxylic acid groups (broad SMARTS) is 1. The summed E-state index contributed by atoms with van der Waals surface area (Å²) in [6.45, 7) is 12.9. The second kappa shape index (κ2) is 17.9. The molecular formula is C10H22N2O2. The highest BCUT2D eigenvalue weighted by Crippen LogP contribution is 1.45. The van der Waals surface area contributed by atoms with Crippen LogP contribution in [0.1, 0.15) is 34.6 Å². The van der Waals surface area contributed by atoms with Gasteiger partial charge in [-0.1, -0.05) is 0 Å². The summed E-state index contributed by atoms with van der Waals surface area (Å²) in [6.07, 6.45) is 0. The minimum atomic E-state index is -1.08. The molecule has 1 N–H and O–H groups in total. The summed E-state index contributed by atoms with van der Waals surface area (Å²) >= 11 is 0. The van der Waals surface area contributed by atoms with E-state index in [-0.39, 0.29) is 0 Å². The van der Waals surface area contributed by atoms with Gasteiger partial charge in [-0.15, -0.1) is 0 Å². The van der Waals surface area contributed by atoms with Crippen molar-refractivity contribution >= 4 is 5.97 Å². The van der Waals surface area contributed by atoms with Crippen molar-refractivity contribution in [1.82, 2.24) is 0 Å². The van der Waals surface area contributed by atoms with Crippen molar-refractivity contribution in [1.29, 1.82) is 5.26 Å². The molecule has 0 heterocycles. The zero-order chi connectivity index (χ0) is 12.0. The van der Waals surface area contributed by atoms with Crippen LogP contribution in [0, 0.1) is 11.3 Å². The Labute approximate surface area is 87.1 Å². The summed E-state index contributed by atoms with van der Waals surface area (Å²) < 4.78 is 0. The molecule has 0 aromatic heterocycles. The highest BCUT2D eigenvalue weighted by molar-refractivity contribution is 5.60. The van der Waals surface area contributed by atoms with Crippen molar-refractivity contribution in [3.63, 3.8) is 0 Å². The Balaban J connectivity index is -0.000000147. The van der Waals surface area contributed by atoms with Crippen molar-refractivity contribution in [3.8, 4) is 6.07 Å². The molecule has 0 aliphatic heterocycles. The second-order valence-corrected chi connectivity index (χ2v) is 2.53. The van der Waals surface area contributed by atoms with Crippen LogP contribution in [0.4, 0.5) is 0 Å². The minimum absolute atomic E-state index is 0.972. The van der Waals surface area contributed by atoms with E-state index in [1.807, 2.05) is 0 Å². The van der Waals surface area contributed by atoms with Crippen molar-refractivity contribution in [2.75, 3.05) is 19.6 Å². The molecule has 0 spiro atoms. The molecule has 0 rings (SSSR count). The van der Waals surface area contributed by atoms with Crippen LogP contribution in [0.2, 0.25) is 0 Å². The molecule has 0 aromatic carbocycles. The van der Waals surface area contributed by atoms with Gasteiger partial charge in [-0.3, -0.25) is 0 Å². The molecule has 4 nitrogen and oxygen atoms in total. The Kier molecular flexibility index (Phi) is 23.8. The molecule has 0 aliphatic carbocycles. The van der Waals surface area contributed by atoms with Crippen LogP contribution < -0.4 is 10.0 Å². The standard InChI is InChI=1S/C6H15N.C2H3N.C2H4O2/c1-4-7(5-2)6-3;1-2-3;1-2(3)4/h4-6H2,1-3H3;1H3;1H3,(H,3,4). The monoisotopic (exact) mass is 202 g/mol. The van der Waals surface area contributed by atoms with Crippen molar-refractivity contribution < 1.29 is 14.8 Å². The zero-order valence-corrected chi connectivity index (χ0v) is 9.89. The third-order valence-electron chi connectivity index (χ3n) is 1.50. The summed E-state index contributed by atoms with van der Waals surface area (Å²) in [6, 6.07) is 1.75. The molecule has 0 fully saturated rings. The fourth-order valence-electron chi connectivity index (χ4n) is 0.750. The Morgan fingerprint density at radius 2 is 1.43 bits per heavy atom. The third kappa shape index (κ3) is 44.4. The number of hydrogen-bond acceptors (Lipinski definition) is 3. The molecule has 0 saturated carbocycles. The lowest BCUT2D eigenvalue weighted by molar-refractivity contribution is -0.894. The molecule has 0 aromatic rings. The number of quaternary nitrogens is 1. The summed E-state index contributed by atoms with van der Waals surface area (Å²) in [5.74, 6) is -1.08. The van der Waals surface area contributed by atoms with Crippen LogP contribution >= 0.6 is 0 Å². The van der Waals surface area contributed by atoms with Gasteiger partial charge in [-0.2, -0.15) is 5.26 Å². The fourth-order valence-corrected chi connectivity index (χ4v) is 0.750. The van der Waals surface area contributed by atoms with Gasteiger partial charge in [0.15, 0.2) is 0 Å². The first-order chi connectivity index (χ1) is 6.49. The number of hydrogen-bond donors (Lipinski definition) is 1. The molecule has 0 unspecified atom stereocenters. The number of aliphatic carboxylic acids is 1. The molecule has 84 valence electrons. The SMILES string of the molecule is CC#N.CC(=O)[O-].CC[NH+](CC)CC. The van der Waals surface area contributed by atoms with Crippen molar-refractivity contribution in [2.24, 2.45) is 0 Å². The lowest BCUT2D eigenvalue weighted by atomic mass is 10.5. The molecule has 0 saturated heterocycles. The Bertz CT molecular complexity index is 139. The average molecular weight is 202 g/mol. The van der Waals surface area contributed by atoms with Crippen LogP contribution in [0.5, 0.6) is 0 Å². The van der Waals surface area contributed by atoms with Gasteiger partial charge in [0.2, 0.25) is 0 Å². The number of nitriles is 1. The smallest absolute Gasteiger partial charge is 0.0742 e. The molecule has 0 atom stereocenters. The van der Waals surface area contributed by atoms with E-state index in [1.165, 1.54) is 26.6 Å². The molecule has 0 bridgehead atoms. The maximum atomic E-state index is 8.89. The van der Waals surface area contributed by atoms with Gasteiger partial charge in [-0.05, 0) is 27.7 Å². The summed E-state index contributed by atoms with van der Waals surface area (Å²) in [4.78, 5) is 10.6. The summed E-state index contributed by atoms with van der Waals surface area (Å²) in [5.41, 5.74) is 0. The first kappa shape index (κ1) is 18.7. The van der Waals surface area contributed by atoms with Gasteiger partial charge < -0.3 is 14.8 Å². The van der Waals surface area contributed by atoms with Crippen LogP contribution in [0.3, 0.4) is 0 Å². The quantitative estimate of drug-likeness (QED) is 0.652. The molecule has 14 heavy (non-hydrogen) atoms. The molecular weight excluding hydrogens is 180 g/mol. The molecule has 0 amide bonds. The maximum absolute atomic E-state index is 8.89. The van der Waals surface area contributed by atoms with E-state index in [9.17, 15) is 0 Å². The van der Waals surface area contributed by atoms with Crippen molar-refractivity contribution in [2.45, 2.75) is 34.6 Å². The summed E-state index contributed by atoms with van der Waals surface area (Å²) in [7, 11) is 0. The number of nitrogens with zero attached hydrogens (tertiary/aromatic N) is 1. The predicted molar refractivity (Wildman–Crippen MR) is 54.6 cm³/mol. The van der Waals surface area contributed by atoms with Gasteiger partial charge in [-0.25, -0.2) is 0 Å². The minimum Gasteiger partial charge on any atom is -0.550 e. The van der Waals surface area contributed by atoms with Gasteiger partial charge in [0.25, 0.3) is 0 Å². The predicted octanol–water partition coefficient (Wildman–Crippen LogP) is -0.783. The number of rotatable bonds is 3. The third-order valence-corrected chi connectivity index (χ3v) is 1.50. The van der Waals surface area contributed by atoms with Gasteiger partial charge in [0.05, 0.1) is 25.7 Å². The van der Waals surface area contributed by atoms with Crippen molar-refractivity contribution in [3.05, 3.63) is 0 Å². The van der Waals surface area contributed by atoms with Crippen LogP contribution in [0.15, 0.2) is 0 Å². The highest BCUT2D eigenvalue weighted by atomic mass is 16.4. The maximum Gasteiger partial charge on any atom is 0.0742 e. The van der Waals surface area contributed by atoms with E-state index in [0.29, 0.717) is 0 Å². The van der Waals surface area contributed by atoms with Crippen LogP contribution in [-0.4, -0.2) is 25.6 Å². The fraction of sp³-hybridized carbons (Fsp3) is 0.800. The number of carboxylic acids is 1. The van der Waals surface area contributed by atoms with E-state index >= 15 is 0 Å². The largest absolute Gasteiger partial charge is 0.550 e. The topological polar surface area (TPSA) is 68.4 Å². The normalized spacial score (nSPS) is 7.50. The first-order valence-electron chi connectivity index (χ1n) is 4.81.